The Morgan fingerprint density at radius 2 is 2.13 bits per heavy atom. The van der Waals surface area contributed by atoms with Crippen molar-refractivity contribution < 1.29 is 0 Å². The molecule has 0 aliphatic carbocycles. The summed E-state index contributed by atoms with van der Waals surface area (Å²) >= 11 is 13.2. The molecule has 0 nitrogen and oxygen atoms in total. The van der Waals surface area contributed by atoms with Gasteiger partial charge in [0.1, 0.15) is 0 Å². The van der Waals surface area contributed by atoms with Crippen molar-refractivity contribution in [3.63, 3.8) is 0 Å². The van der Waals surface area contributed by atoms with E-state index in [2.05, 4.69) is 44.8 Å². The van der Waals surface area contributed by atoms with Crippen LogP contribution in [0.1, 0.15) is 31.7 Å². The average molecular weight is 355 g/mol. The van der Waals surface area contributed by atoms with E-state index in [1.807, 2.05) is 12.1 Å². The van der Waals surface area contributed by atoms with Crippen LogP contribution in [-0.4, -0.2) is 4.83 Å². The van der Waals surface area contributed by atoms with Gasteiger partial charge in [-0.15, -0.1) is 0 Å². The summed E-state index contributed by atoms with van der Waals surface area (Å²) in [6.45, 7) is 2.20. The van der Waals surface area contributed by atoms with Crippen molar-refractivity contribution in [2.45, 2.75) is 37.4 Å². The molecule has 0 aliphatic heterocycles. The summed E-state index contributed by atoms with van der Waals surface area (Å²) in [5.74, 6) is 0. The van der Waals surface area contributed by atoms with E-state index in [1.165, 1.54) is 24.8 Å². The minimum absolute atomic E-state index is 0.645. The molecule has 1 aromatic rings. The lowest BCUT2D eigenvalue weighted by atomic mass is 10.1. The molecule has 0 fully saturated rings. The summed E-state index contributed by atoms with van der Waals surface area (Å²) in [6, 6.07) is 6.11. The van der Waals surface area contributed by atoms with Gasteiger partial charge in [0.05, 0.1) is 0 Å². The second kappa shape index (κ2) is 6.93. The second-order valence-electron chi connectivity index (χ2n) is 3.63. The highest BCUT2D eigenvalue weighted by molar-refractivity contribution is 9.10. The third-order valence-corrected chi connectivity index (χ3v) is 4.37. The largest absolute Gasteiger partial charge is 0.0891 e. The Morgan fingerprint density at radius 3 is 2.73 bits per heavy atom. The lowest BCUT2D eigenvalue weighted by Gasteiger charge is -2.07. The smallest absolute Gasteiger partial charge is 0.0449 e. The fraction of sp³-hybridized carbons (Fsp3) is 0.500. The number of hydrogen-bond donors (Lipinski definition) is 0. The summed E-state index contributed by atoms with van der Waals surface area (Å²) in [6.07, 6.45) is 4.65. The molecule has 1 unspecified atom stereocenters. The molecular weight excluding hydrogens is 339 g/mol. The first-order chi connectivity index (χ1) is 7.13. The fourth-order valence-electron chi connectivity index (χ4n) is 1.44. The van der Waals surface area contributed by atoms with Crippen LogP contribution >= 0.6 is 43.5 Å². The Balaban J connectivity index is 2.44. The normalized spacial score (nSPS) is 12.8. The van der Waals surface area contributed by atoms with Gasteiger partial charge in [-0.2, -0.15) is 0 Å². The van der Waals surface area contributed by atoms with Gasteiger partial charge in [-0.25, -0.2) is 0 Å². The van der Waals surface area contributed by atoms with E-state index in [1.54, 1.807) is 0 Å². The first-order valence-electron chi connectivity index (χ1n) is 5.21. The highest BCUT2D eigenvalue weighted by atomic mass is 79.9. The number of alkyl halides is 1. The van der Waals surface area contributed by atoms with Crippen LogP contribution in [0.2, 0.25) is 5.02 Å². The highest BCUT2D eigenvalue weighted by Gasteiger charge is 2.03. The minimum Gasteiger partial charge on any atom is -0.0891 e. The van der Waals surface area contributed by atoms with E-state index in [0.29, 0.717) is 4.83 Å². The van der Waals surface area contributed by atoms with Gasteiger partial charge in [0.2, 0.25) is 0 Å². The van der Waals surface area contributed by atoms with Crippen molar-refractivity contribution in [2.24, 2.45) is 0 Å². The van der Waals surface area contributed by atoms with Crippen LogP contribution in [-0.2, 0) is 6.42 Å². The summed E-state index contributed by atoms with van der Waals surface area (Å²) in [5, 5.41) is 0.868. The van der Waals surface area contributed by atoms with Crippen molar-refractivity contribution in [3.8, 4) is 0 Å². The van der Waals surface area contributed by atoms with Gasteiger partial charge in [0.25, 0.3) is 0 Å². The Hall–Kier alpha value is 0.470. The fourth-order valence-corrected chi connectivity index (χ4v) is 2.53. The zero-order valence-electron chi connectivity index (χ0n) is 8.77. The summed E-state index contributed by atoms with van der Waals surface area (Å²) in [7, 11) is 0. The van der Waals surface area contributed by atoms with E-state index >= 15 is 0 Å². The first-order valence-corrected chi connectivity index (χ1v) is 7.30. The van der Waals surface area contributed by atoms with Crippen LogP contribution in [0.5, 0.6) is 0 Å². The molecule has 1 aromatic carbocycles. The summed E-state index contributed by atoms with van der Waals surface area (Å²) in [5.41, 5.74) is 1.25. The Kier molecular flexibility index (Phi) is 6.25. The van der Waals surface area contributed by atoms with Crippen molar-refractivity contribution in [2.75, 3.05) is 0 Å². The van der Waals surface area contributed by atoms with Gasteiger partial charge in [0.15, 0.2) is 0 Å². The zero-order valence-corrected chi connectivity index (χ0v) is 12.7. The molecule has 15 heavy (non-hydrogen) atoms. The predicted octanol–water partition coefficient (Wildman–Crippen LogP) is 5.60. The van der Waals surface area contributed by atoms with Gasteiger partial charge in [-0.3, -0.25) is 0 Å². The van der Waals surface area contributed by atoms with Crippen LogP contribution in [0.15, 0.2) is 22.7 Å². The molecule has 3 heteroatoms. The van der Waals surface area contributed by atoms with Crippen molar-refractivity contribution in [3.05, 3.63) is 33.3 Å². The van der Waals surface area contributed by atoms with Crippen LogP contribution in [0, 0.1) is 0 Å². The quantitative estimate of drug-likeness (QED) is 0.604. The number of benzene rings is 1. The molecule has 1 atom stereocenters. The van der Waals surface area contributed by atoms with Gasteiger partial charge < -0.3 is 0 Å². The molecule has 0 aromatic heterocycles. The third kappa shape index (κ3) is 4.88. The lowest BCUT2D eigenvalue weighted by Crippen LogP contribution is -1.96. The molecule has 0 saturated carbocycles. The van der Waals surface area contributed by atoms with Crippen LogP contribution in [0.4, 0.5) is 0 Å². The highest BCUT2D eigenvalue weighted by Crippen LogP contribution is 2.23. The molecule has 0 bridgehead atoms. The molecule has 0 N–H and O–H groups in total. The van der Waals surface area contributed by atoms with Gasteiger partial charge in [0, 0.05) is 14.3 Å². The summed E-state index contributed by atoms with van der Waals surface area (Å²) in [4.78, 5) is 0.645. The monoisotopic (exact) mass is 352 g/mol. The first kappa shape index (κ1) is 13.5. The molecular formula is C12H15Br2Cl. The van der Waals surface area contributed by atoms with E-state index in [-0.39, 0.29) is 0 Å². The molecule has 1 rings (SSSR count). The molecule has 84 valence electrons. The Labute approximate surface area is 114 Å². The topological polar surface area (TPSA) is 0 Å². The van der Waals surface area contributed by atoms with Crippen molar-refractivity contribution in [1.29, 1.82) is 0 Å². The van der Waals surface area contributed by atoms with Crippen LogP contribution < -0.4 is 0 Å². The summed E-state index contributed by atoms with van der Waals surface area (Å²) < 4.78 is 1.04. The van der Waals surface area contributed by atoms with Gasteiger partial charge in [-0.05, 0) is 43.4 Å². The van der Waals surface area contributed by atoms with Crippen LogP contribution in [0.3, 0.4) is 0 Å². The second-order valence-corrected chi connectivity index (χ2v) is 6.25. The predicted molar refractivity (Wildman–Crippen MR) is 75.1 cm³/mol. The molecule has 0 amide bonds. The standard InChI is InChI=1S/C12H15Br2Cl/c1-2-10(13)5-3-4-9-6-7-11(14)8-12(9)15/h6-8,10H,2-5H2,1H3. The van der Waals surface area contributed by atoms with E-state index < -0.39 is 0 Å². The molecule has 0 saturated heterocycles. The maximum atomic E-state index is 6.14. The molecule has 0 spiro atoms. The lowest BCUT2D eigenvalue weighted by molar-refractivity contribution is 0.690. The average Bonchev–Trinajstić information content (AvgIpc) is 2.21. The van der Waals surface area contributed by atoms with Gasteiger partial charge >= 0.3 is 0 Å². The number of aryl methyl sites for hydroxylation is 1. The third-order valence-electron chi connectivity index (χ3n) is 2.42. The van der Waals surface area contributed by atoms with Crippen LogP contribution in [0.25, 0.3) is 0 Å². The van der Waals surface area contributed by atoms with E-state index in [9.17, 15) is 0 Å². The zero-order chi connectivity index (χ0) is 11.3. The Bertz CT molecular complexity index is 312. The van der Waals surface area contributed by atoms with E-state index in [0.717, 1.165) is 15.9 Å². The maximum Gasteiger partial charge on any atom is 0.0449 e. The molecule has 0 radical (unpaired) electrons. The van der Waals surface area contributed by atoms with Gasteiger partial charge in [-0.1, -0.05) is 56.5 Å². The van der Waals surface area contributed by atoms with Crippen molar-refractivity contribution in [1.82, 2.24) is 0 Å². The number of halogens is 3. The molecule has 0 aliphatic rings. The number of hydrogen-bond acceptors (Lipinski definition) is 0. The minimum atomic E-state index is 0.645. The Morgan fingerprint density at radius 1 is 1.40 bits per heavy atom. The molecule has 0 heterocycles. The van der Waals surface area contributed by atoms with Crippen molar-refractivity contribution >= 4 is 43.5 Å². The number of rotatable bonds is 5. The van der Waals surface area contributed by atoms with E-state index in [4.69, 9.17) is 11.6 Å². The maximum absolute atomic E-state index is 6.14. The SMILES string of the molecule is CCC(Br)CCCc1ccc(Br)cc1Cl.